The van der Waals surface area contributed by atoms with E-state index in [1.54, 1.807) is 0 Å². The van der Waals surface area contributed by atoms with Gasteiger partial charge in [0.05, 0.1) is 6.10 Å². The van der Waals surface area contributed by atoms with E-state index in [1.807, 2.05) is 42.5 Å². The maximum atomic E-state index is 11.9. The second kappa shape index (κ2) is 32.2. The molecular formula is C38H66O6. The van der Waals surface area contributed by atoms with Crippen molar-refractivity contribution >= 4 is 11.9 Å². The summed E-state index contributed by atoms with van der Waals surface area (Å²) in [5.41, 5.74) is 0. The van der Waals surface area contributed by atoms with E-state index < -0.39 is 12.2 Å². The average Bonchev–Trinajstić information content (AvgIpc) is 3.02. The lowest BCUT2D eigenvalue weighted by Gasteiger charge is -2.12. The Kier molecular flexibility index (Phi) is 30.6. The second-order valence-corrected chi connectivity index (χ2v) is 12.1. The van der Waals surface area contributed by atoms with E-state index in [-0.39, 0.29) is 31.6 Å². The highest BCUT2D eigenvalue weighted by Gasteiger charge is 2.12. The molecule has 0 saturated carbocycles. The van der Waals surface area contributed by atoms with Crippen molar-refractivity contribution in [3.8, 4) is 0 Å². The number of ether oxygens (including phenoxy) is 2. The van der Waals surface area contributed by atoms with Crippen LogP contribution in [0.5, 0.6) is 0 Å². The van der Waals surface area contributed by atoms with Crippen LogP contribution in [0, 0.1) is 5.92 Å². The molecule has 0 heterocycles. The summed E-state index contributed by atoms with van der Waals surface area (Å²) in [6.45, 7) is 6.47. The SMILES string of the molecule is CCCCC/C=C\C=C/[C@@H](O)C/C=C\C/C=C/CCCC(=O)OC[C@H](O)COC(=O)CCCCCCCCCCC(C)CC. The molecular weight excluding hydrogens is 552 g/mol. The summed E-state index contributed by atoms with van der Waals surface area (Å²) in [7, 11) is 0. The molecule has 0 aliphatic carbocycles. The second-order valence-electron chi connectivity index (χ2n) is 12.1. The third-order valence-corrected chi connectivity index (χ3v) is 7.69. The van der Waals surface area contributed by atoms with Crippen molar-refractivity contribution in [1.82, 2.24) is 0 Å². The van der Waals surface area contributed by atoms with E-state index in [0.29, 0.717) is 19.3 Å². The summed E-state index contributed by atoms with van der Waals surface area (Å²) < 4.78 is 10.2. The lowest BCUT2D eigenvalue weighted by molar-refractivity contribution is -0.152. The van der Waals surface area contributed by atoms with E-state index in [1.165, 1.54) is 64.2 Å². The maximum Gasteiger partial charge on any atom is 0.305 e. The smallest absolute Gasteiger partial charge is 0.305 e. The Bertz CT molecular complexity index is 784. The summed E-state index contributed by atoms with van der Waals surface area (Å²) in [4.78, 5) is 23.8. The number of unbranched alkanes of at least 4 members (excludes halogenated alkanes) is 11. The summed E-state index contributed by atoms with van der Waals surface area (Å²) in [5.74, 6) is 0.176. The predicted molar refractivity (Wildman–Crippen MR) is 183 cm³/mol. The fraction of sp³-hybridized carbons (Fsp3) is 0.737. The first-order chi connectivity index (χ1) is 21.4. The van der Waals surface area contributed by atoms with Gasteiger partial charge in [-0.2, -0.15) is 0 Å². The van der Waals surface area contributed by atoms with Crippen molar-refractivity contribution in [1.29, 1.82) is 0 Å². The molecule has 0 radical (unpaired) electrons. The number of hydrogen-bond acceptors (Lipinski definition) is 6. The first-order valence-corrected chi connectivity index (χ1v) is 17.7. The highest BCUT2D eigenvalue weighted by molar-refractivity contribution is 5.69. The van der Waals surface area contributed by atoms with Gasteiger partial charge in [0, 0.05) is 12.8 Å². The first kappa shape index (κ1) is 41.8. The summed E-state index contributed by atoms with van der Waals surface area (Å²) in [5, 5.41) is 19.9. The maximum absolute atomic E-state index is 11.9. The fourth-order valence-corrected chi connectivity index (χ4v) is 4.54. The highest BCUT2D eigenvalue weighted by Crippen LogP contribution is 2.15. The van der Waals surface area contributed by atoms with Crippen molar-refractivity contribution in [3.63, 3.8) is 0 Å². The van der Waals surface area contributed by atoms with Crippen molar-refractivity contribution in [3.05, 3.63) is 48.6 Å². The minimum Gasteiger partial charge on any atom is -0.463 e. The largest absolute Gasteiger partial charge is 0.463 e. The van der Waals surface area contributed by atoms with Gasteiger partial charge in [-0.1, -0.05) is 140 Å². The molecule has 0 aliphatic heterocycles. The van der Waals surface area contributed by atoms with Crippen LogP contribution in [0.1, 0.15) is 149 Å². The molecule has 0 bridgehead atoms. The van der Waals surface area contributed by atoms with Crippen LogP contribution in [0.15, 0.2) is 48.6 Å². The quantitative estimate of drug-likeness (QED) is 0.0360. The molecule has 0 fully saturated rings. The molecule has 0 aliphatic rings. The lowest BCUT2D eigenvalue weighted by Crippen LogP contribution is -2.25. The molecule has 0 aromatic carbocycles. The summed E-state index contributed by atoms with van der Waals surface area (Å²) >= 11 is 0. The van der Waals surface area contributed by atoms with Gasteiger partial charge in [-0.25, -0.2) is 0 Å². The fourth-order valence-electron chi connectivity index (χ4n) is 4.54. The molecule has 1 unspecified atom stereocenters. The first-order valence-electron chi connectivity index (χ1n) is 17.7. The molecule has 0 saturated heterocycles. The Hall–Kier alpha value is -2.18. The highest BCUT2D eigenvalue weighted by atomic mass is 16.6. The van der Waals surface area contributed by atoms with Gasteiger partial charge in [0.15, 0.2) is 0 Å². The molecule has 0 spiro atoms. The van der Waals surface area contributed by atoms with Crippen LogP contribution in [0.2, 0.25) is 0 Å². The number of aliphatic hydroxyl groups is 2. The van der Waals surface area contributed by atoms with Gasteiger partial charge in [0.1, 0.15) is 19.3 Å². The zero-order valence-corrected chi connectivity index (χ0v) is 28.4. The van der Waals surface area contributed by atoms with E-state index in [2.05, 4.69) is 26.8 Å². The topological polar surface area (TPSA) is 93.1 Å². The Morgan fingerprint density at radius 3 is 1.91 bits per heavy atom. The van der Waals surface area contributed by atoms with Crippen LogP contribution in [-0.2, 0) is 19.1 Å². The van der Waals surface area contributed by atoms with Gasteiger partial charge in [-0.05, 0) is 50.9 Å². The Morgan fingerprint density at radius 1 is 0.659 bits per heavy atom. The van der Waals surface area contributed by atoms with Crippen LogP contribution in [-0.4, -0.2) is 47.6 Å². The van der Waals surface area contributed by atoms with Crippen molar-refractivity contribution in [2.24, 2.45) is 5.92 Å². The van der Waals surface area contributed by atoms with Gasteiger partial charge in [0.2, 0.25) is 0 Å². The average molecular weight is 619 g/mol. The van der Waals surface area contributed by atoms with Crippen LogP contribution in [0.4, 0.5) is 0 Å². The van der Waals surface area contributed by atoms with Crippen LogP contribution in [0.3, 0.4) is 0 Å². The van der Waals surface area contributed by atoms with Crippen LogP contribution >= 0.6 is 0 Å². The minimum atomic E-state index is -1.00. The predicted octanol–water partition coefficient (Wildman–Crippen LogP) is 9.50. The molecule has 0 rings (SSSR count). The third kappa shape index (κ3) is 31.3. The number of carbonyl (C=O) groups is 2. The number of hydrogen-bond donors (Lipinski definition) is 2. The lowest BCUT2D eigenvalue weighted by atomic mass is 9.99. The van der Waals surface area contributed by atoms with Crippen LogP contribution in [0.25, 0.3) is 0 Å². The monoisotopic (exact) mass is 618 g/mol. The summed E-state index contributed by atoms with van der Waals surface area (Å²) in [6.07, 6.45) is 34.7. The number of rotatable bonds is 30. The normalized spacial score (nSPS) is 14.2. The zero-order valence-electron chi connectivity index (χ0n) is 28.4. The Balaban J connectivity index is 3.65. The van der Waals surface area contributed by atoms with Gasteiger partial charge >= 0.3 is 11.9 Å². The molecule has 6 heteroatoms. The van der Waals surface area contributed by atoms with Gasteiger partial charge < -0.3 is 19.7 Å². The molecule has 0 amide bonds. The van der Waals surface area contributed by atoms with Crippen molar-refractivity contribution in [2.45, 2.75) is 161 Å². The number of esters is 2. The molecule has 3 atom stereocenters. The molecule has 0 aromatic rings. The molecule has 254 valence electrons. The Labute approximate surface area is 270 Å². The number of carbonyl (C=O) groups excluding carboxylic acids is 2. The van der Waals surface area contributed by atoms with E-state index in [4.69, 9.17) is 9.47 Å². The van der Waals surface area contributed by atoms with Gasteiger partial charge in [-0.15, -0.1) is 0 Å². The number of aliphatic hydroxyl groups excluding tert-OH is 2. The van der Waals surface area contributed by atoms with E-state index in [0.717, 1.165) is 44.4 Å². The minimum absolute atomic E-state index is 0.150. The van der Waals surface area contributed by atoms with Gasteiger partial charge in [0.25, 0.3) is 0 Å². The molecule has 6 nitrogen and oxygen atoms in total. The zero-order chi connectivity index (χ0) is 32.5. The standard InChI is InChI=1S/C38H66O6/c1-4-6-7-8-12-18-23-28-35(39)29-24-19-14-11-16-21-26-31-38(42)44-33-36(40)32-43-37(41)30-25-20-15-10-9-13-17-22-27-34(3)5-2/h11-12,16,18-19,23-24,28,34-36,39-40H,4-10,13-15,17,20-22,25-27,29-33H2,1-3H3/b16-11+,18-12-,24-19-,28-23-/t34?,35-,36-/m1/s1. The van der Waals surface area contributed by atoms with E-state index >= 15 is 0 Å². The van der Waals surface area contributed by atoms with Crippen LogP contribution < -0.4 is 0 Å². The third-order valence-electron chi connectivity index (χ3n) is 7.69. The molecule has 44 heavy (non-hydrogen) atoms. The Morgan fingerprint density at radius 2 is 1.25 bits per heavy atom. The summed E-state index contributed by atoms with van der Waals surface area (Å²) in [6, 6.07) is 0. The van der Waals surface area contributed by atoms with Gasteiger partial charge in [-0.3, -0.25) is 9.59 Å². The molecule has 0 aromatic heterocycles. The van der Waals surface area contributed by atoms with E-state index in [9.17, 15) is 19.8 Å². The van der Waals surface area contributed by atoms with Crippen molar-refractivity contribution in [2.75, 3.05) is 13.2 Å². The molecule has 2 N–H and O–H groups in total. The number of allylic oxidation sites excluding steroid dienone is 6. The van der Waals surface area contributed by atoms with Crippen molar-refractivity contribution < 1.29 is 29.3 Å².